The van der Waals surface area contributed by atoms with Crippen LogP contribution in [0.5, 0.6) is 11.5 Å². The Labute approximate surface area is 450 Å². The van der Waals surface area contributed by atoms with Gasteiger partial charge in [0, 0.05) is 33.7 Å². The third-order valence-corrected chi connectivity index (χ3v) is 14.1. The average Bonchev–Trinajstić information content (AvgIpc) is 3.53. The quantitative estimate of drug-likeness (QED) is 0.0546. The van der Waals surface area contributed by atoms with Gasteiger partial charge in [-0.15, -0.1) is 0 Å². The number of aromatic nitrogens is 1. The van der Waals surface area contributed by atoms with Gasteiger partial charge in [0.05, 0.1) is 62.1 Å². The van der Waals surface area contributed by atoms with E-state index in [4.69, 9.17) is 4.74 Å². The number of carbonyl (C=O) groups is 6. The van der Waals surface area contributed by atoms with Crippen molar-refractivity contribution in [3.8, 4) is 11.5 Å². The minimum Gasteiger partial charge on any atom is -0.508 e. The number of hydrogen-bond donors (Lipinski definition) is 5. The molecular weight excluding hydrogens is 1090 g/mol. The predicted molar refractivity (Wildman–Crippen MR) is 298 cm³/mol. The van der Waals surface area contributed by atoms with Crippen LogP contribution in [0.1, 0.15) is 39.0 Å². The Bertz CT molecular complexity index is 3340. The molecule has 386 valence electrons. The number of phenols is 1. The van der Waals surface area contributed by atoms with Gasteiger partial charge in [0.25, 0.3) is 17.7 Å². The summed E-state index contributed by atoms with van der Waals surface area (Å²) in [5.41, 5.74) is 2.57. The van der Waals surface area contributed by atoms with Crippen LogP contribution in [-0.2, 0) is 32.3 Å². The molecule has 0 bridgehead atoms. The Balaban J connectivity index is 1.19. The van der Waals surface area contributed by atoms with E-state index >= 15 is 9.59 Å². The van der Waals surface area contributed by atoms with E-state index in [2.05, 4.69) is 58.1 Å². The summed E-state index contributed by atoms with van der Waals surface area (Å²) in [6, 6.07) is 34.0. The summed E-state index contributed by atoms with van der Waals surface area (Å²) >= 11 is 7.09. The van der Waals surface area contributed by atoms with Crippen LogP contribution in [-0.4, -0.2) is 112 Å². The number of fused-ring (bicyclic) bond motifs is 3. The summed E-state index contributed by atoms with van der Waals surface area (Å²) in [5.74, 6) is -2.23. The lowest BCUT2D eigenvalue weighted by Gasteiger charge is -2.31. The maximum atomic E-state index is 15.2. The van der Waals surface area contributed by atoms with Crippen molar-refractivity contribution in [2.75, 3.05) is 67.5 Å². The van der Waals surface area contributed by atoms with Crippen LogP contribution in [0.2, 0.25) is 0 Å². The van der Waals surface area contributed by atoms with Gasteiger partial charge in [-0.25, -0.2) is 4.98 Å². The van der Waals surface area contributed by atoms with E-state index in [9.17, 15) is 24.3 Å². The lowest BCUT2D eigenvalue weighted by atomic mass is 10.0. The Kier molecular flexibility index (Phi) is 16.9. The molecule has 3 atom stereocenters. The minimum absolute atomic E-state index is 0.00431. The fourth-order valence-corrected chi connectivity index (χ4v) is 9.93. The zero-order valence-electron chi connectivity index (χ0n) is 41.8. The second-order valence-electron chi connectivity index (χ2n) is 17.9. The van der Waals surface area contributed by atoms with Gasteiger partial charge in [-0.3, -0.25) is 24.0 Å². The molecule has 0 saturated carbocycles. The zero-order valence-corrected chi connectivity index (χ0v) is 44.9. The van der Waals surface area contributed by atoms with E-state index in [-0.39, 0.29) is 49.9 Å². The number of ether oxygens (including phenoxy) is 1. The van der Waals surface area contributed by atoms with E-state index in [1.54, 1.807) is 89.8 Å². The molecule has 5 amide bonds. The molecule has 6 aromatic carbocycles. The zero-order chi connectivity index (χ0) is 53.5. The van der Waals surface area contributed by atoms with Crippen LogP contribution in [0.3, 0.4) is 0 Å². The van der Waals surface area contributed by atoms with Crippen LogP contribution < -0.4 is 45.6 Å². The van der Waals surface area contributed by atoms with Crippen molar-refractivity contribution in [1.82, 2.24) is 26.3 Å². The number of amides is 5. The highest BCUT2D eigenvalue weighted by Gasteiger charge is 2.38. The summed E-state index contributed by atoms with van der Waals surface area (Å²) in [4.78, 5) is 95.5. The first-order valence-corrected chi connectivity index (χ1v) is 25.6. The first-order chi connectivity index (χ1) is 36.1. The van der Waals surface area contributed by atoms with Gasteiger partial charge in [-0.2, -0.15) is 0 Å². The highest BCUT2D eigenvalue weighted by Crippen LogP contribution is 2.39. The van der Waals surface area contributed by atoms with E-state index in [0.717, 1.165) is 30.5 Å². The molecule has 19 heteroatoms. The molecule has 7 aromatic rings. The van der Waals surface area contributed by atoms with Crippen LogP contribution in [0, 0.1) is 0 Å². The second-order valence-corrected chi connectivity index (χ2v) is 19.8. The molecule has 5 N–H and O–H groups in total. The van der Waals surface area contributed by atoms with Crippen molar-refractivity contribution < 1.29 is 38.6 Å². The molecule has 0 radical (unpaired) electrons. The lowest BCUT2D eigenvalue weighted by Crippen LogP contribution is -2.54. The fraction of sp³-hybridized carbons (Fsp3) is 0.232. The van der Waals surface area contributed by atoms with E-state index in [1.807, 2.05) is 59.5 Å². The number of halogens is 2. The summed E-state index contributed by atoms with van der Waals surface area (Å²) in [7, 11) is 6.57. The first-order valence-electron chi connectivity index (χ1n) is 24.0. The first kappa shape index (κ1) is 53.6. The summed E-state index contributed by atoms with van der Waals surface area (Å²) < 4.78 is 7.58. The van der Waals surface area contributed by atoms with E-state index in [1.165, 1.54) is 32.9 Å². The average molecular weight is 1140 g/mol. The van der Waals surface area contributed by atoms with Crippen molar-refractivity contribution in [2.24, 2.45) is 0 Å². The van der Waals surface area contributed by atoms with Crippen molar-refractivity contribution in [3.63, 3.8) is 0 Å². The molecule has 0 fully saturated rings. The molecular formula is C56H55Br2N9O8. The maximum Gasteiger partial charge on any atom is 0.277 e. The van der Waals surface area contributed by atoms with Crippen molar-refractivity contribution in [2.45, 2.75) is 38.1 Å². The fourth-order valence-electron chi connectivity index (χ4n) is 9.17. The molecule has 1 aliphatic heterocycles. The van der Waals surface area contributed by atoms with Crippen LogP contribution in [0.4, 0.5) is 22.7 Å². The number of nitrogens with zero attached hydrogens (tertiary/aromatic N) is 5. The molecule has 0 saturated heterocycles. The molecule has 2 unspecified atom stereocenters. The number of phenolic OH excluding ortho intramolecular Hbond substituents is 1. The summed E-state index contributed by atoms with van der Waals surface area (Å²) in [5, 5.41) is 25.9. The number of carbonyl (C=O) groups excluding carboxylic acids is 6. The third kappa shape index (κ3) is 11.7. The van der Waals surface area contributed by atoms with E-state index < -0.39 is 47.7 Å². The van der Waals surface area contributed by atoms with Crippen LogP contribution in [0.15, 0.2) is 136 Å². The predicted octanol–water partition coefficient (Wildman–Crippen LogP) is 7.10. The maximum absolute atomic E-state index is 15.2. The molecule has 1 aliphatic rings. The van der Waals surface area contributed by atoms with Gasteiger partial charge in [0.1, 0.15) is 41.3 Å². The number of methoxy groups -OCH3 is 1. The van der Waals surface area contributed by atoms with Crippen LogP contribution in [0.25, 0.3) is 21.5 Å². The lowest BCUT2D eigenvalue weighted by molar-refractivity contribution is -0.126. The molecule has 17 nitrogen and oxygen atoms in total. The van der Waals surface area contributed by atoms with Gasteiger partial charge in [-0.1, -0.05) is 86.5 Å². The number of benzene rings is 6. The molecule has 8 rings (SSSR count). The van der Waals surface area contributed by atoms with Crippen LogP contribution >= 0.6 is 31.9 Å². The largest absolute Gasteiger partial charge is 0.508 e. The number of para-hydroxylation sites is 4. The van der Waals surface area contributed by atoms with Crippen molar-refractivity contribution >= 4 is 112 Å². The molecule has 0 aliphatic carbocycles. The smallest absolute Gasteiger partial charge is 0.277 e. The summed E-state index contributed by atoms with van der Waals surface area (Å²) in [6.07, 6.45) is 0.551. The van der Waals surface area contributed by atoms with Gasteiger partial charge in [0.2, 0.25) is 11.8 Å². The molecule has 2 heterocycles. The molecule has 1 aromatic heterocycles. The summed E-state index contributed by atoms with van der Waals surface area (Å²) in [6.45, 7) is 1.08. The van der Waals surface area contributed by atoms with Gasteiger partial charge >= 0.3 is 0 Å². The highest BCUT2D eigenvalue weighted by atomic mass is 79.9. The van der Waals surface area contributed by atoms with Gasteiger partial charge in [0.15, 0.2) is 0 Å². The molecule has 0 spiro atoms. The second kappa shape index (κ2) is 23.7. The topological polar surface area (TPSA) is 206 Å². The number of likely N-dealkylation sites (N-methyl/N-ethyl adjacent to an activating group) is 2. The monoisotopic (exact) mass is 1140 g/mol. The standard InChI is InChI=1S/C56H55Br2N9O8/c1-33(60-3)53(71)61-38(32-68)28-65(47-14-7-6-13-46(47)64(4)29-41-39-21-19-36(57)25-34(39)17-23-50(41)69)54(72)43-11-10-12-44(62-43)55(73)67-31-45(63-52(70)27-59-2)56(74)66(48-15-8-9-16-49(48)67)30-42-40-22-20-37(58)26-35(40)18-24-51(42)75-5/h6-26,32-33,38,45,59-60,69H,27-31H2,1-5H3,(H,61,71)(H,63,70)/t33-,38?,45?/m0/s1. The van der Waals surface area contributed by atoms with E-state index in [0.29, 0.717) is 45.9 Å². The van der Waals surface area contributed by atoms with Crippen molar-refractivity contribution in [1.29, 1.82) is 0 Å². The third-order valence-electron chi connectivity index (χ3n) is 13.1. The number of nitrogens with one attached hydrogen (secondary N) is 4. The minimum atomic E-state index is -1.25. The Morgan fingerprint density at radius 3 is 2.13 bits per heavy atom. The normalized spacial score (nSPS) is 14.1. The van der Waals surface area contributed by atoms with Crippen molar-refractivity contribution in [3.05, 3.63) is 159 Å². The number of aromatic hydroxyl groups is 1. The number of pyridine rings is 1. The Morgan fingerprint density at radius 1 is 0.827 bits per heavy atom. The number of hydrogen-bond acceptors (Lipinski definition) is 12. The van der Waals surface area contributed by atoms with Gasteiger partial charge in [-0.05, 0) is 115 Å². The Morgan fingerprint density at radius 2 is 1.47 bits per heavy atom. The van der Waals surface area contributed by atoms with Gasteiger partial charge < -0.3 is 55.5 Å². The highest BCUT2D eigenvalue weighted by molar-refractivity contribution is 9.10. The number of aldehydes is 1. The number of rotatable bonds is 18. The SMILES string of the molecule is CNCC(=O)NC1CN(C(=O)c2cccc(C(=O)N(CC(C=O)NC(=O)[C@H](C)NC)c3ccccc3N(C)Cc3c(O)ccc4cc(Br)ccc34)n2)c2ccccc2N(Cc2c(OC)ccc3cc(Br)ccc23)C1=O. The Hall–Kier alpha value is -7.71. The molecule has 75 heavy (non-hydrogen) atoms. The number of anilines is 4.